The van der Waals surface area contributed by atoms with Gasteiger partial charge in [0.05, 0.1) is 12.9 Å². The van der Waals surface area contributed by atoms with Gasteiger partial charge in [-0.2, -0.15) is 0 Å². The van der Waals surface area contributed by atoms with Crippen LogP contribution in [0.4, 0.5) is 5.82 Å². The van der Waals surface area contributed by atoms with Gasteiger partial charge in [0.15, 0.2) is 29.5 Å². The minimum Gasteiger partial charge on any atom is -0.394 e. The van der Waals surface area contributed by atoms with Crippen LogP contribution in [-0.4, -0.2) is 82.0 Å². The van der Waals surface area contributed by atoms with Crippen molar-refractivity contribution in [2.75, 3.05) is 6.61 Å². The van der Waals surface area contributed by atoms with E-state index in [1.54, 1.807) is 6.92 Å². The zero-order valence-electron chi connectivity index (χ0n) is 14.8. The predicted molar refractivity (Wildman–Crippen MR) is 93.2 cm³/mol. The quantitative estimate of drug-likeness (QED) is 0.299. The number of rotatable bonds is 7. The monoisotopic (exact) mass is 381 g/mol. The van der Waals surface area contributed by atoms with Gasteiger partial charge in [-0.1, -0.05) is 0 Å². The molecule has 27 heavy (non-hydrogen) atoms. The fourth-order valence-corrected chi connectivity index (χ4v) is 2.99. The number of aromatic nitrogens is 4. The highest BCUT2D eigenvalue weighted by Crippen LogP contribution is 2.32. The summed E-state index contributed by atoms with van der Waals surface area (Å²) in [6, 6.07) is 0. The van der Waals surface area contributed by atoms with Crippen LogP contribution in [0.25, 0.3) is 11.2 Å². The summed E-state index contributed by atoms with van der Waals surface area (Å²) in [4.78, 5) is 17.0. The normalized spacial score (nSPS) is 26.4. The lowest BCUT2D eigenvalue weighted by atomic mass is 10.1. The average molecular weight is 381 g/mol. The van der Waals surface area contributed by atoms with Crippen LogP contribution in [0.5, 0.6) is 0 Å². The van der Waals surface area contributed by atoms with Crippen LogP contribution in [0.1, 0.15) is 32.4 Å². The fraction of sp³-hybridized carbons (Fsp3) is 0.625. The Balaban J connectivity index is 1.85. The molecule has 2 aromatic heterocycles. The zero-order valence-corrected chi connectivity index (χ0v) is 14.8. The Labute approximate surface area is 154 Å². The van der Waals surface area contributed by atoms with E-state index in [4.69, 9.17) is 14.9 Å². The van der Waals surface area contributed by atoms with Crippen molar-refractivity contribution in [3.63, 3.8) is 0 Å². The highest BCUT2D eigenvalue weighted by atomic mass is 16.6. The smallest absolute Gasteiger partial charge is 0.183 e. The van der Waals surface area contributed by atoms with Crippen LogP contribution in [0, 0.1) is 0 Å². The molecule has 0 bridgehead atoms. The van der Waals surface area contributed by atoms with Gasteiger partial charge >= 0.3 is 0 Å². The Morgan fingerprint density at radius 3 is 2.70 bits per heavy atom. The Kier molecular flexibility index (Phi) is 6.09. The lowest BCUT2D eigenvalue weighted by Crippen LogP contribution is -2.33. The minimum atomic E-state index is -1.34. The molecule has 5 N–H and O–H groups in total. The van der Waals surface area contributed by atoms with Gasteiger partial charge in [0.2, 0.25) is 0 Å². The number of aliphatic hydroxyl groups excluding tert-OH is 4. The lowest BCUT2D eigenvalue weighted by Gasteiger charge is -2.16. The maximum Gasteiger partial charge on any atom is 0.183 e. The molecule has 1 fully saturated rings. The molecule has 0 spiro atoms. The summed E-state index contributed by atoms with van der Waals surface area (Å²) in [6.07, 6.45) is -1.53. The van der Waals surface area contributed by atoms with Crippen LogP contribution in [0.15, 0.2) is 17.6 Å². The van der Waals surface area contributed by atoms with Gasteiger partial charge in [0.25, 0.3) is 0 Å². The summed E-state index contributed by atoms with van der Waals surface area (Å²) in [7, 11) is 0. The van der Waals surface area contributed by atoms with Crippen molar-refractivity contribution in [1.82, 2.24) is 19.5 Å². The van der Waals surface area contributed by atoms with E-state index in [-0.39, 0.29) is 6.42 Å². The number of aliphatic imine (C=N–C) groups is 1. The van der Waals surface area contributed by atoms with Crippen LogP contribution in [0.2, 0.25) is 0 Å². The van der Waals surface area contributed by atoms with Gasteiger partial charge in [0, 0.05) is 5.71 Å². The first-order valence-corrected chi connectivity index (χ1v) is 8.62. The largest absolute Gasteiger partial charge is 0.394 e. The van der Waals surface area contributed by atoms with E-state index >= 15 is 0 Å². The number of aliphatic hydroxyl groups is 5. The van der Waals surface area contributed by atoms with Crippen LogP contribution in [0.3, 0.4) is 0 Å². The number of hydrogen-bond donors (Lipinski definition) is 5. The predicted octanol–water partition coefficient (Wildman–Crippen LogP) is -0.989. The molecule has 2 aromatic rings. The minimum absolute atomic E-state index is 0.256. The van der Waals surface area contributed by atoms with Crippen molar-refractivity contribution >= 4 is 22.7 Å². The molecule has 4 atom stereocenters. The topological polar surface area (TPSA) is 166 Å². The molecule has 0 radical (unpaired) electrons. The SMILES string of the molecule is CC(CCCC(O)O)=Nc1ncnc2c1ncn2[C@H]1O[C@H](CO)[C@@H](O)[C@H]1O. The maximum atomic E-state index is 10.2. The fourth-order valence-electron chi connectivity index (χ4n) is 2.99. The molecular formula is C16H23N5O6. The van der Waals surface area contributed by atoms with Gasteiger partial charge in [-0.3, -0.25) is 4.57 Å². The second-order valence-electron chi connectivity index (χ2n) is 6.47. The number of nitrogens with zero attached hydrogens (tertiary/aromatic N) is 5. The molecule has 0 aliphatic carbocycles. The Hall–Kier alpha value is -2.02. The Morgan fingerprint density at radius 1 is 1.26 bits per heavy atom. The summed E-state index contributed by atoms with van der Waals surface area (Å²) in [5, 5.41) is 47.2. The number of ether oxygens (including phenoxy) is 1. The highest BCUT2D eigenvalue weighted by molar-refractivity contribution is 5.89. The molecule has 11 heteroatoms. The third-order valence-corrected chi connectivity index (χ3v) is 4.43. The number of fused-ring (bicyclic) bond motifs is 1. The molecule has 3 rings (SSSR count). The Morgan fingerprint density at radius 2 is 2.04 bits per heavy atom. The van der Waals surface area contributed by atoms with E-state index in [9.17, 15) is 15.3 Å². The third-order valence-electron chi connectivity index (χ3n) is 4.43. The van der Waals surface area contributed by atoms with Gasteiger partial charge in [-0.05, 0) is 26.2 Å². The van der Waals surface area contributed by atoms with Gasteiger partial charge in [-0.15, -0.1) is 0 Å². The van der Waals surface area contributed by atoms with Gasteiger partial charge < -0.3 is 30.3 Å². The standard InChI is InChI=1S/C16H23N5O6/c1-8(3-2-4-10(23)24)20-14-11-15(18-6-17-14)21(7-19-11)16-13(26)12(25)9(5-22)27-16/h6-7,9-10,12-13,16,22-26H,2-5H2,1H3/t9-,12-,13-,16+/m1/s1. The molecule has 1 aliphatic heterocycles. The number of hydrogen-bond acceptors (Lipinski definition) is 10. The molecule has 0 saturated carbocycles. The third kappa shape index (κ3) is 4.13. The van der Waals surface area contributed by atoms with E-state index in [0.29, 0.717) is 29.8 Å². The van der Waals surface area contributed by atoms with Crippen molar-refractivity contribution in [2.45, 2.75) is 57.0 Å². The maximum absolute atomic E-state index is 10.2. The summed E-state index contributed by atoms with van der Waals surface area (Å²) < 4.78 is 6.98. The lowest BCUT2D eigenvalue weighted by molar-refractivity contribution is -0.0511. The van der Waals surface area contributed by atoms with E-state index in [0.717, 1.165) is 5.71 Å². The molecule has 1 aliphatic rings. The highest BCUT2D eigenvalue weighted by Gasteiger charge is 2.44. The molecule has 11 nitrogen and oxygen atoms in total. The van der Waals surface area contributed by atoms with E-state index in [1.807, 2.05) is 0 Å². The van der Waals surface area contributed by atoms with Crippen molar-refractivity contribution in [3.05, 3.63) is 12.7 Å². The zero-order chi connectivity index (χ0) is 19.6. The van der Waals surface area contributed by atoms with Crippen molar-refractivity contribution in [1.29, 1.82) is 0 Å². The average Bonchev–Trinajstić information content (AvgIpc) is 3.17. The second-order valence-corrected chi connectivity index (χ2v) is 6.47. The number of imidazole rings is 1. The Bertz CT molecular complexity index is 810. The van der Waals surface area contributed by atoms with Crippen LogP contribution >= 0.6 is 0 Å². The first-order chi connectivity index (χ1) is 12.9. The van der Waals surface area contributed by atoms with Crippen molar-refractivity contribution < 1.29 is 30.3 Å². The van der Waals surface area contributed by atoms with Crippen LogP contribution in [-0.2, 0) is 4.74 Å². The summed E-state index contributed by atoms with van der Waals surface area (Å²) in [6.45, 7) is 1.38. The van der Waals surface area contributed by atoms with Crippen LogP contribution < -0.4 is 0 Å². The second kappa shape index (κ2) is 8.33. The first kappa shape index (κ1) is 19.7. The van der Waals surface area contributed by atoms with Gasteiger partial charge in [0.1, 0.15) is 24.6 Å². The van der Waals surface area contributed by atoms with Crippen molar-refractivity contribution in [2.24, 2.45) is 4.99 Å². The molecule has 3 heterocycles. The molecular weight excluding hydrogens is 358 g/mol. The van der Waals surface area contributed by atoms with E-state index in [2.05, 4.69) is 19.9 Å². The molecule has 1 saturated heterocycles. The summed E-state index contributed by atoms with van der Waals surface area (Å²) in [5.74, 6) is 0.340. The van der Waals surface area contributed by atoms with Crippen molar-refractivity contribution in [3.8, 4) is 0 Å². The molecule has 148 valence electrons. The molecule has 0 amide bonds. The summed E-state index contributed by atoms with van der Waals surface area (Å²) in [5.41, 5.74) is 1.52. The van der Waals surface area contributed by atoms with E-state index < -0.39 is 37.4 Å². The first-order valence-electron chi connectivity index (χ1n) is 8.62. The molecule has 0 aromatic carbocycles. The van der Waals surface area contributed by atoms with E-state index in [1.165, 1.54) is 17.2 Å². The molecule has 0 unspecified atom stereocenters. The van der Waals surface area contributed by atoms with Gasteiger partial charge in [-0.25, -0.2) is 19.9 Å². The summed E-state index contributed by atoms with van der Waals surface area (Å²) >= 11 is 0.